The van der Waals surface area contributed by atoms with Crippen molar-refractivity contribution in [3.8, 4) is 0 Å². The van der Waals surface area contributed by atoms with E-state index in [0.29, 0.717) is 5.82 Å². The molecule has 0 spiro atoms. The highest BCUT2D eigenvalue weighted by Gasteiger charge is 2.13. The largest absolute Gasteiger partial charge is 0.357 e. The second-order valence-electron chi connectivity index (χ2n) is 4.47. The number of aromatic nitrogens is 2. The third kappa shape index (κ3) is 3.92. The zero-order valence-electron chi connectivity index (χ0n) is 10.5. The molecule has 0 amide bonds. The van der Waals surface area contributed by atoms with Crippen LogP contribution in [0.25, 0.3) is 0 Å². The smallest absolute Gasteiger partial charge is 0.209 e. The average molecular weight is 270 g/mol. The molecule has 0 aromatic carbocycles. The Labute approximate surface area is 107 Å². The summed E-state index contributed by atoms with van der Waals surface area (Å²) in [6.45, 7) is 2.16. The van der Waals surface area contributed by atoms with E-state index >= 15 is 0 Å². The molecule has 1 fully saturated rings. The molecule has 18 heavy (non-hydrogen) atoms. The number of nitrogens with one attached hydrogen (secondary N) is 1. The summed E-state index contributed by atoms with van der Waals surface area (Å²) in [5, 5.41) is 0. The molecular weight excluding hydrogens is 252 g/mol. The first-order valence-electron chi connectivity index (χ1n) is 6.06. The molecule has 2 heterocycles. The van der Waals surface area contributed by atoms with E-state index in [1.165, 1.54) is 19.3 Å². The molecule has 1 aromatic heterocycles. The zero-order chi connectivity index (χ0) is 13.0. The Hall–Kier alpha value is -1.21. The van der Waals surface area contributed by atoms with Gasteiger partial charge >= 0.3 is 0 Å². The lowest BCUT2D eigenvalue weighted by atomic mass is 10.1. The molecule has 6 nitrogen and oxygen atoms in total. The van der Waals surface area contributed by atoms with E-state index in [-0.39, 0.29) is 6.54 Å². The molecule has 0 aliphatic carbocycles. The predicted octanol–water partition coefficient (Wildman–Crippen LogP) is 0.516. The van der Waals surface area contributed by atoms with Crippen LogP contribution in [0, 0.1) is 0 Å². The standard InChI is InChI=1S/C11H18N4O2S/c1-18(16,17)13-9-10-12-6-5-11(14-10)15-7-3-2-4-8-15/h5-6,13H,2-4,7-9H2,1H3. The highest BCUT2D eigenvalue weighted by molar-refractivity contribution is 7.88. The van der Waals surface area contributed by atoms with Gasteiger partial charge in [-0.15, -0.1) is 0 Å². The molecule has 1 aliphatic heterocycles. The number of piperidine rings is 1. The summed E-state index contributed by atoms with van der Waals surface area (Å²) < 4.78 is 24.4. The molecule has 0 saturated carbocycles. The van der Waals surface area contributed by atoms with Gasteiger partial charge in [-0.25, -0.2) is 23.1 Å². The van der Waals surface area contributed by atoms with Crippen LogP contribution in [0.3, 0.4) is 0 Å². The van der Waals surface area contributed by atoms with Crippen LogP contribution in [0.2, 0.25) is 0 Å². The van der Waals surface area contributed by atoms with E-state index in [2.05, 4.69) is 19.6 Å². The van der Waals surface area contributed by atoms with E-state index in [1.54, 1.807) is 6.20 Å². The van der Waals surface area contributed by atoms with Gasteiger partial charge in [-0.2, -0.15) is 0 Å². The first kappa shape index (κ1) is 13.2. The van der Waals surface area contributed by atoms with Gasteiger partial charge in [0, 0.05) is 19.3 Å². The van der Waals surface area contributed by atoms with Crippen LogP contribution in [0.5, 0.6) is 0 Å². The number of nitrogens with zero attached hydrogens (tertiary/aromatic N) is 3. The summed E-state index contributed by atoms with van der Waals surface area (Å²) in [4.78, 5) is 10.7. The fourth-order valence-corrected chi connectivity index (χ4v) is 2.36. The Morgan fingerprint density at radius 3 is 2.72 bits per heavy atom. The van der Waals surface area contributed by atoms with Crippen molar-refractivity contribution in [3.05, 3.63) is 18.1 Å². The predicted molar refractivity (Wildman–Crippen MR) is 69.8 cm³/mol. The zero-order valence-corrected chi connectivity index (χ0v) is 11.3. The fraction of sp³-hybridized carbons (Fsp3) is 0.636. The average Bonchev–Trinajstić information content (AvgIpc) is 2.37. The van der Waals surface area contributed by atoms with Gasteiger partial charge < -0.3 is 4.90 Å². The summed E-state index contributed by atoms with van der Waals surface area (Å²) in [7, 11) is -3.20. The molecule has 1 aromatic rings. The Morgan fingerprint density at radius 2 is 2.06 bits per heavy atom. The maximum Gasteiger partial charge on any atom is 0.209 e. The van der Waals surface area contributed by atoms with E-state index < -0.39 is 10.0 Å². The van der Waals surface area contributed by atoms with Gasteiger partial charge in [-0.3, -0.25) is 0 Å². The normalized spacial score (nSPS) is 16.8. The summed E-state index contributed by atoms with van der Waals surface area (Å²) >= 11 is 0. The quantitative estimate of drug-likeness (QED) is 0.863. The molecule has 0 radical (unpaired) electrons. The fourth-order valence-electron chi connectivity index (χ4n) is 1.97. The lowest BCUT2D eigenvalue weighted by molar-refractivity contribution is 0.570. The van der Waals surface area contributed by atoms with Crippen molar-refractivity contribution in [2.45, 2.75) is 25.8 Å². The summed E-state index contributed by atoms with van der Waals surface area (Å²) in [5.41, 5.74) is 0. The Kier molecular flexibility index (Phi) is 4.13. The van der Waals surface area contributed by atoms with Crippen LogP contribution in [0.15, 0.2) is 12.3 Å². The van der Waals surface area contributed by atoms with E-state index in [4.69, 9.17) is 0 Å². The lowest BCUT2D eigenvalue weighted by Gasteiger charge is -2.27. The molecule has 0 bridgehead atoms. The molecule has 1 aliphatic rings. The third-order valence-electron chi connectivity index (χ3n) is 2.86. The SMILES string of the molecule is CS(=O)(=O)NCc1nccc(N2CCCCC2)n1. The van der Waals surface area contributed by atoms with E-state index in [1.807, 2.05) is 6.07 Å². The summed E-state index contributed by atoms with van der Waals surface area (Å²) in [6, 6.07) is 1.87. The first-order valence-corrected chi connectivity index (χ1v) is 7.95. The topological polar surface area (TPSA) is 75.2 Å². The van der Waals surface area contributed by atoms with Crippen molar-refractivity contribution < 1.29 is 8.42 Å². The second kappa shape index (κ2) is 5.62. The van der Waals surface area contributed by atoms with Crippen molar-refractivity contribution in [1.29, 1.82) is 0 Å². The van der Waals surface area contributed by atoms with Gasteiger partial charge in [0.15, 0.2) is 0 Å². The molecule has 1 saturated heterocycles. The van der Waals surface area contributed by atoms with Crippen molar-refractivity contribution >= 4 is 15.8 Å². The van der Waals surface area contributed by atoms with Gasteiger partial charge in [-0.05, 0) is 25.3 Å². The molecule has 0 atom stereocenters. The van der Waals surface area contributed by atoms with Crippen molar-refractivity contribution in [2.24, 2.45) is 0 Å². The van der Waals surface area contributed by atoms with Crippen LogP contribution >= 0.6 is 0 Å². The number of rotatable bonds is 4. The molecule has 2 rings (SSSR count). The van der Waals surface area contributed by atoms with Crippen LogP contribution in [-0.2, 0) is 16.6 Å². The highest BCUT2D eigenvalue weighted by atomic mass is 32.2. The maximum absolute atomic E-state index is 11.0. The second-order valence-corrected chi connectivity index (χ2v) is 6.31. The lowest BCUT2D eigenvalue weighted by Crippen LogP contribution is -2.30. The number of sulfonamides is 1. The van der Waals surface area contributed by atoms with Gasteiger partial charge in [0.1, 0.15) is 11.6 Å². The summed E-state index contributed by atoms with van der Waals surface area (Å²) in [5.74, 6) is 1.39. The monoisotopic (exact) mass is 270 g/mol. The highest BCUT2D eigenvalue weighted by Crippen LogP contribution is 2.16. The van der Waals surface area contributed by atoms with Gasteiger partial charge in [0.25, 0.3) is 0 Å². The van der Waals surface area contributed by atoms with Crippen LogP contribution in [0.1, 0.15) is 25.1 Å². The van der Waals surface area contributed by atoms with Gasteiger partial charge in [0.2, 0.25) is 10.0 Å². The minimum Gasteiger partial charge on any atom is -0.357 e. The molecular formula is C11H18N4O2S. The minimum absolute atomic E-state index is 0.139. The van der Waals surface area contributed by atoms with Crippen molar-refractivity contribution in [3.63, 3.8) is 0 Å². The number of hydrogen-bond acceptors (Lipinski definition) is 5. The Bertz CT molecular complexity index is 498. The Morgan fingerprint density at radius 1 is 1.33 bits per heavy atom. The van der Waals surface area contributed by atoms with E-state index in [9.17, 15) is 8.42 Å². The molecule has 1 N–H and O–H groups in total. The van der Waals surface area contributed by atoms with E-state index in [0.717, 1.165) is 25.2 Å². The van der Waals surface area contributed by atoms with Crippen LogP contribution < -0.4 is 9.62 Å². The van der Waals surface area contributed by atoms with Gasteiger partial charge in [-0.1, -0.05) is 0 Å². The van der Waals surface area contributed by atoms with Gasteiger partial charge in [0.05, 0.1) is 12.8 Å². The molecule has 7 heteroatoms. The maximum atomic E-state index is 11.0. The molecule has 0 unspecified atom stereocenters. The van der Waals surface area contributed by atoms with Crippen molar-refractivity contribution in [2.75, 3.05) is 24.2 Å². The van der Waals surface area contributed by atoms with Crippen molar-refractivity contribution in [1.82, 2.24) is 14.7 Å². The van der Waals surface area contributed by atoms with Crippen LogP contribution in [0.4, 0.5) is 5.82 Å². The molecule has 100 valence electrons. The minimum atomic E-state index is -3.20. The third-order valence-corrected chi connectivity index (χ3v) is 3.53. The number of hydrogen-bond donors (Lipinski definition) is 1. The number of anilines is 1. The van der Waals surface area contributed by atoms with Crippen LogP contribution in [-0.4, -0.2) is 37.7 Å². The Balaban J connectivity index is 2.04. The first-order chi connectivity index (χ1) is 8.54. The summed E-state index contributed by atoms with van der Waals surface area (Å²) in [6.07, 6.45) is 6.43.